The maximum absolute atomic E-state index is 12.4. The number of ether oxygens (including phenoxy) is 3. The number of carbonyl (C=O) groups is 3. The summed E-state index contributed by atoms with van der Waals surface area (Å²) >= 11 is 0. The van der Waals surface area contributed by atoms with Gasteiger partial charge in [-0.3, -0.25) is 19.7 Å². The minimum absolute atomic E-state index is 0.111. The van der Waals surface area contributed by atoms with Gasteiger partial charge in [0.25, 0.3) is 5.91 Å². The molecule has 1 aromatic carbocycles. The van der Waals surface area contributed by atoms with E-state index in [0.29, 0.717) is 30.3 Å². The first kappa shape index (κ1) is 22.5. The minimum atomic E-state index is -4.24. The predicted molar refractivity (Wildman–Crippen MR) is 104 cm³/mol. The molecule has 0 aromatic heterocycles. The van der Waals surface area contributed by atoms with Gasteiger partial charge in [0.15, 0.2) is 17.7 Å². The lowest BCUT2D eigenvalue weighted by molar-refractivity contribution is -0.149. The van der Waals surface area contributed by atoms with Crippen molar-refractivity contribution in [3.05, 3.63) is 36.4 Å². The summed E-state index contributed by atoms with van der Waals surface area (Å²) in [5.41, 5.74) is 0.480. The van der Waals surface area contributed by atoms with Crippen molar-refractivity contribution in [3.8, 4) is 11.5 Å². The zero-order chi connectivity index (χ0) is 22.6. The summed E-state index contributed by atoms with van der Waals surface area (Å²) in [6, 6.07) is 3.22. The van der Waals surface area contributed by atoms with Crippen molar-refractivity contribution in [2.75, 3.05) is 19.8 Å². The van der Waals surface area contributed by atoms with Crippen LogP contribution in [0.4, 0.5) is 0 Å². The van der Waals surface area contributed by atoms with Crippen LogP contribution in [0.2, 0.25) is 0 Å². The second kappa shape index (κ2) is 9.32. The topological polar surface area (TPSA) is 161 Å². The third-order valence-corrected chi connectivity index (χ3v) is 5.83. The second-order valence-corrected chi connectivity index (χ2v) is 8.25. The molecule has 2 heterocycles. The van der Waals surface area contributed by atoms with Crippen molar-refractivity contribution < 1.29 is 42.1 Å². The van der Waals surface area contributed by atoms with E-state index in [-0.39, 0.29) is 13.2 Å². The van der Waals surface area contributed by atoms with Gasteiger partial charge in [-0.15, -0.1) is 0 Å². The van der Waals surface area contributed by atoms with Gasteiger partial charge in [-0.05, 0) is 17.7 Å². The fraction of sp³-hybridized carbons (Fsp3) is 0.389. The first-order valence-electron chi connectivity index (χ1n) is 9.18. The third-order valence-electron chi connectivity index (χ3n) is 4.41. The van der Waals surface area contributed by atoms with Gasteiger partial charge in [0.05, 0.1) is 6.42 Å². The van der Waals surface area contributed by atoms with Crippen LogP contribution in [0.5, 0.6) is 11.5 Å². The summed E-state index contributed by atoms with van der Waals surface area (Å²) in [7, 11) is -4.24. The lowest BCUT2D eigenvalue weighted by Crippen LogP contribution is -2.53. The molecule has 12 nitrogen and oxygen atoms in total. The van der Waals surface area contributed by atoms with Crippen LogP contribution in [-0.2, 0) is 35.9 Å². The Morgan fingerprint density at radius 2 is 2.06 bits per heavy atom. The maximum atomic E-state index is 12.4. The van der Waals surface area contributed by atoms with E-state index < -0.39 is 46.7 Å². The molecule has 1 saturated heterocycles. The fourth-order valence-electron chi connectivity index (χ4n) is 3.00. The van der Waals surface area contributed by atoms with Crippen LogP contribution >= 0.6 is 0 Å². The Morgan fingerprint density at radius 3 is 2.74 bits per heavy atom. The summed E-state index contributed by atoms with van der Waals surface area (Å²) in [6.45, 7) is 3.74. The Hall–Kier alpha value is -3.16. The first-order valence-corrected chi connectivity index (χ1v) is 10.6. The quantitative estimate of drug-likeness (QED) is 0.315. The highest BCUT2D eigenvalue weighted by atomic mass is 32.2. The highest BCUT2D eigenvalue weighted by Gasteiger charge is 2.45. The summed E-state index contributed by atoms with van der Waals surface area (Å²) in [4.78, 5) is 35.6. The average Bonchev–Trinajstić information content (AvgIpc) is 2.93. The standard InChI is InChI=1S/C18H21N3O9S/c1-2-5-30-15(22)9-12(18(24)25)19-16-17(23)20-31(26,27)21(16)10-11-3-4-13-14(8-11)29-7-6-28-13/h2-4,8,12,16,19H,1,5-7,9-10H2,(H,20,23)(H,24,25)/t12-,16+/m0/s1. The van der Waals surface area contributed by atoms with Gasteiger partial charge in [-0.1, -0.05) is 18.7 Å². The van der Waals surface area contributed by atoms with Crippen molar-refractivity contribution in [3.63, 3.8) is 0 Å². The van der Waals surface area contributed by atoms with Crippen LogP contribution in [0.15, 0.2) is 30.9 Å². The van der Waals surface area contributed by atoms with E-state index >= 15 is 0 Å². The summed E-state index contributed by atoms with van der Waals surface area (Å²) in [5.74, 6) is -2.33. The van der Waals surface area contributed by atoms with Crippen LogP contribution < -0.4 is 19.5 Å². The monoisotopic (exact) mass is 455 g/mol. The highest BCUT2D eigenvalue weighted by Crippen LogP contribution is 2.31. The largest absolute Gasteiger partial charge is 0.486 e. The van der Waals surface area contributed by atoms with E-state index in [1.165, 1.54) is 6.08 Å². The number of rotatable bonds is 9. The Kier molecular flexibility index (Phi) is 6.77. The van der Waals surface area contributed by atoms with E-state index in [9.17, 15) is 27.9 Å². The first-order chi connectivity index (χ1) is 14.7. The number of nitrogens with one attached hydrogen (secondary N) is 2. The van der Waals surface area contributed by atoms with Crippen molar-refractivity contribution in [1.29, 1.82) is 0 Å². The number of hydrogen-bond donors (Lipinski definition) is 3. The van der Waals surface area contributed by atoms with Gasteiger partial charge in [0, 0.05) is 6.54 Å². The molecule has 0 unspecified atom stereocenters. The van der Waals surface area contributed by atoms with Gasteiger partial charge in [0.2, 0.25) is 0 Å². The average molecular weight is 455 g/mol. The molecule has 3 N–H and O–H groups in total. The van der Waals surface area contributed by atoms with Crippen molar-refractivity contribution >= 4 is 28.1 Å². The molecular formula is C18H21N3O9S. The third kappa shape index (κ3) is 5.31. The van der Waals surface area contributed by atoms with Crippen molar-refractivity contribution in [1.82, 2.24) is 14.3 Å². The lowest BCUT2D eigenvalue weighted by Gasteiger charge is -2.24. The minimum Gasteiger partial charge on any atom is -0.486 e. The molecule has 2 aliphatic rings. The summed E-state index contributed by atoms with van der Waals surface area (Å²) in [6.07, 6.45) is -0.857. The molecule has 0 aliphatic carbocycles. The number of carbonyl (C=O) groups excluding carboxylic acids is 2. The Balaban J connectivity index is 1.79. The molecule has 168 valence electrons. The highest BCUT2D eigenvalue weighted by molar-refractivity contribution is 7.88. The summed E-state index contributed by atoms with van der Waals surface area (Å²) in [5, 5.41) is 11.8. The molecule has 2 aliphatic heterocycles. The molecular weight excluding hydrogens is 434 g/mol. The van der Waals surface area contributed by atoms with E-state index in [1.807, 2.05) is 4.72 Å². The van der Waals surface area contributed by atoms with E-state index in [4.69, 9.17) is 14.2 Å². The predicted octanol–water partition coefficient (Wildman–Crippen LogP) is -0.877. The molecule has 2 atom stereocenters. The number of benzene rings is 1. The van der Waals surface area contributed by atoms with Crippen LogP contribution in [0, 0.1) is 0 Å². The number of aliphatic carboxylic acids is 1. The number of esters is 1. The number of nitrogens with zero attached hydrogens (tertiary/aromatic N) is 1. The normalized spacial score (nSPS) is 20.5. The molecule has 0 saturated carbocycles. The number of hydrogen-bond acceptors (Lipinski definition) is 9. The lowest BCUT2D eigenvalue weighted by atomic mass is 10.1. The Labute approximate surface area is 177 Å². The SMILES string of the molecule is C=CCOC(=O)C[C@H](N[C@H]1C(=O)NS(=O)(=O)N1Cc1ccc2c(c1)OCCO2)C(=O)O. The van der Waals surface area contributed by atoms with Crippen molar-refractivity contribution in [2.24, 2.45) is 0 Å². The zero-order valence-corrected chi connectivity index (χ0v) is 17.1. The molecule has 0 bridgehead atoms. The second-order valence-electron chi connectivity index (χ2n) is 6.63. The Bertz CT molecular complexity index is 995. The van der Waals surface area contributed by atoms with Crippen LogP contribution in [-0.4, -0.2) is 67.7 Å². The van der Waals surface area contributed by atoms with E-state index in [0.717, 1.165) is 4.31 Å². The van der Waals surface area contributed by atoms with Crippen LogP contribution in [0.1, 0.15) is 12.0 Å². The number of amides is 1. The van der Waals surface area contributed by atoms with Gasteiger partial charge in [-0.25, -0.2) is 4.72 Å². The summed E-state index contributed by atoms with van der Waals surface area (Å²) < 4.78 is 43.1. The molecule has 3 rings (SSSR count). The Morgan fingerprint density at radius 1 is 1.35 bits per heavy atom. The van der Waals surface area contributed by atoms with Crippen LogP contribution in [0.25, 0.3) is 0 Å². The fourth-order valence-corrected chi connectivity index (χ4v) is 4.23. The number of fused-ring (bicyclic) bond motifs is 1. The number of carboxylic acid groups (broad SMARTS) is 1. The van der Waals surface area contributed by atoms with Gasteiger partial charge >= 0.3 is 22.1 Å². The molecule has 0 radical (unpaired) electrons. The number of carboxylic acids is 1. The van der Waals surface area contributed by atoms with E-state index in [2.05, 4.69) is 11.9 Å². The molecule has 1 aromatic rings. The molecule has 0 spiro atoms. The molecule has 1 fully saturated rings. The maximum Gasteiger partial charge on any atom is 0.321 e. The smallest absolute Gasteiger partial charge is 0.321 e. The van der Waals surface area contributed by atoms with Gasteiger partial charge in [-0.2, -0.15) is 12.7 Å². The zero-order valence-electron chi connectivity index (χ0n) is 16.3. The van der Waals surface area contributed by atoms with Gasteiger partial charge < -0.3 is 19.3 Å². The van der Waals surface area contributed by atoms with Crippen molar-refractivity contribution in [2.45, 2.75) is 25.2 Å². The van der Waals surface area contributed by atoms with Gasteiger partial charge in [0.1, 0.15) is 25.9 Å². The van der Waals surface area contributed by atoms with Crippen LogP contribution in [0.3, 0.4) is 0 Å². The van der Waals surface area contributed by atoms with E-state index in [1.54, 1.807) is 18.2 Å². The molecule has 31 heavy (non-hydrogen) atoms. The molecule has 1 amide bonds. The molecule has 13 heteroatoms.